The summed E-state index contributed by atoms with van der Waals surface area (Å²) in [5, 5.41) is 0. The van der Waals surface area contributed by atoms with Crippen LogP contribution in [0.3, 0.4) is 0 Å². The van der Waals surface area contributed by atoms with Crippen LogP contribution in [0.25, 0.3) is 0 Å². The number of nitrogens with zero attached hydrogens (tertiary/aromatic N) is 1. The second-order valence-electron chi connectivity index (χ2n) is 11.1. The standard InChI is InChI=1S/C30H64NO3/c1-7-8-9-10-11-12-16-19-22-25-28-31(2,3)29-26-23-20-17-14-13-15-18-21-24-27-30(32-4,33-5)34-6/h7-29H2,1-6H3/q+1. The first kappa shape index (κ1) is 33.8. The molecule has 0 aromatic carbocycles. The molecule has 4 nitrogen and oxygen atoms in total. The number of hydrogen-bond donors (Lipinski definition) is 0. The molecule has 0 fully saturated rings. The Hall–Kier alpha value is -0.160. The van der Waals surface area contributed by atoms with Gasteiger partial charge >= 0.3 is 0 Å². The molecule has 0 aromatic heterocycles. The Morgan fingerprint density at radius 1 is 0.441 bits per heavy atom. The van der Waals surface area contributed by atoms with Crippen molar-refractivity contribution < 1.29 is 18.7 Å². The van der Waals surface area contributed by atoms with E-state index in [1.165, 1.54) is 140 Å². The first-order chi connectivity index (χ1) is 16.4. The monoisotopic (exact) mass is 486 g/mol. The van der Waals surface area contributed by atoms with E-state index in [-0.39, 0.29) is 0 Å². The van der Waals surface area contributed by atoms with E-state index < -0.39 is 5.97 Å². The van der Waals surface area contributed by atoms with E-state index in [1.807, 2.05) is 0 Å². The Bertz CT molecular complexity index is 402. The largest absolute Gasteiger partial charge is 0.331 e. The van der Waals surface area contributed by atoms with Crippen molar-refractivity contribution in [3.05, 3.63) is 0 Å². The van der Waals surface area contributed by atoms with Gasteiger partial charge in [0.1, 0.15) is 0 Å². The molecule has 0 heterocycles. The van der Waals surface area contributed by atoms with E-state index in [4.69, 9.17) is 14.2 Å². The van der Waals surface area contributed by atoms with Crippen LogP contribution in [0.2, 0.25) is 0 Å². The van der Waals surface area contributed by atoms with Gasteiger partial charge in [0.15, 0.2) is 0 Å². The molecule has 0 saturated heterocycles. The van der Waals surface area contributed by atoms with Crippen LogP contribution in [0.5, 0.6) is 0 Å². The van der Waals surface area contributed by atoms with Gasteiger partial charge in [0, 0.05) is 27.8 Å². The molecule has 0 N–H and O–H groups in total. The predicted octanol–water partition coefficient (Wildman–Crippen LogP) is 8.87. The summed E-state index contributed by atoms with van der Waals surface area (Å²) in [7, 11) is 9.80. The first-order valence-electron chi connectivity index (χ1n) is 14.9. The highest BCUT2D eigenvalue weighted by Crippen LogP contribution is 2.21. The molecule has 0 unspecified atom stereocenters. The zero-order valence-corrected chi connectivity index (χ0v) is 24.4. The van der Waals surface area contributed by atoms with Crippen LogP contribution in [-0.4, -0.2) is 59.0 Å². The highest BCUT2D eigenvalue weighted by atomic mass is 16.9. The molecular weight excluding hydrogens is 422 g/mol. The Labute approximate surface area is 215 Å². The predicted molar refractivity (Wildman–Crippen MR) is 148 cm³/mol. The minimum Gasteiger partial charge on any atom is -0.331 e. The van der Waals surface area contributed by atoms with E-state index >= 15 is 0 Å². The Kier molecular flexibility index (Phi) is 23.1. The fraction of sp³-hybridized carbons (Fsp3) is 1.00. The second kappa shape index (κ2) is 23.3. The summed E-state index contributed by atoms with van der Waals surface area (Å²) in [6.07, 6.45) is 28.5. The zero-order chi connectivity index (χ0) is 25.4. The van der Waals surface area contributed by atoms with Gasteiger partial charge in [-0.1, -0.05) is 103 Å². The molecule has 0 bridgehead atoms. The normalized spacial score (nSPS) is 12.5. The van der Waals surface area contributed by atoms with Crippen LogP contribution < -0.4 is 0 Å². The fourth-order valence-electron chi connectivity index (χ4n) is 4.99. The maximum Gasteiger partial charge on any atom is 0.282 e. The van der Waals surface area contributed by atoms with Crippen molar-refractivity contribution in [1.29, 1.82) is 0 Å². The summed E-state index contributed by atoms with van der Waals surface area (Å²) in [6, 6.07) is 0. The number of methoxy groups -OCH3 is 3. The quantitative estimate of drug-likeness (QED) is 0.0659. The number of quaternary nitrogens is 1. The van der Waals surface area contributed by atoms with Crippen LogP contribution in [0, 0.1) is 0 Å². The third kappa shape index (κ3) is 20.1. The van der Waals surface area contributed by atoms with Gasteiger partial charge in [-0.2, -0.15) is 0 Å². The summed E-state index contributed by atoms with van der Waals surface area (Å²) in [5.74, 6) is -0.847. The number of ether oxygens (including phenoxy) is 3. The van der Waals surface area contributed by atoms with Gasteiger partial charge in [-0.05, 0) is 32.1 Å². The lowest BCUT2D eigenvalue weighted by Gasteiger charge is -2.30. The molecule has 0 spiro atoms. The Morgan fingerprint density at radius 2 is 0.735 bits per heavy atom. The van der Waals surface area contributed by atoms with E-state index in [0.29, 0.717) is 0 Å². The topological polar surface area (TPSA) is 27.7 Å². The van der Waals surface area contributed by atoms with E-state index in [2.05, 4.69) is 21.0 Å². The van der Waals surface area contributed by atoms with Crippen molar-refractivity contribution in [3.63, 3.8) is 0 Å². The van der Waals surface area contributed by atoms with Crippen LogP contribution in [0.4, 0.5) is 0 Å². The SMILES string of the molecule is CCCCCCCCCCCC[N+](C)(C)CCCCCCCCCCCCC(OC)(OC)OC. The average molecular weight is 487 g/mol. The third-order valence-corrected chi connectivity index (χ3v) is 7.55. The van der Waals surface area contributed by atoms with Crippen molar-refractivity contribution in [2.45, 2.75) is 148 Å². The number of hydrogen-bond acceptors (Lipinski definition) is 3. The molecule has 0 aliphatic heterocycles. The second-order valence-corrected chi connectivity index (χ2v) is 11.1. The molecule has 206 valence electrons. The van der Waals surface area contributed by atoms with Crippen molar-refractivity contribution in [1.82, 2.24) is 0 Å². The molecule has 34 heavy (non-hydrogen) atoms. The van der Waals surface area contributed by atoms with Gasteiger partial charge in [-0.15, -0.1) is 0 Å². The van der Waals surface area contributed by atoms with Gasteiger partial charge in [-0.3, -0.25) is 0 Å². The lowest BCUT2D eigenvalue weighted by Crippen LogP contribution is -2.41. The highest BCUT2D eigenvalue weighted by molar-refractivity contribution is 4.57. The zero-order valence-electron chi connectivity index (χ0n) is 24.4. The summed E-state index contributed by atoms with van der Waals surface area (Å²) in [6.45, 7) is 5.01. The third-order valence-electron chi connectivity index (χ3n) is 7.55. The van der Waals surface area contributed by atoms with Gasteiger partial charge in [0.25, 0.3) is 5.97 Å². The van der Waals surface area contributed by atoms with Gasteiger partial charge in [0.05, 0.1) is 27.2 Å². The van der Waals surface area contributed by atoms with Crippen LogP contribution in [0.15, 0.2) is 0 Å². The Balaban J connectivity index is 3.43. The molecule has 0 aliphatic rings. The summed E-state index contributed by atoms with van der Waals surface area (Å²) in [5.41, 5.74) is 0. The summed E-state index contributed by atoms with van der Waals surface area (Å²) in [4.78, 5) is 0. The Morgan fingerprint density at radius 3 is 1.06 bits per heavy atom. The van der Waals surface area contributed by atoms with Crippen LogP contribution >= 0.6 is 0 Å². The molecule has 0 atom stereocenters. The first-order valence-corrected chi connectivity index (χ1v) is 14.9. The number of rotatable bonds is 27. The number of unbranched alkanes of at least 4 members (excludes halogenated alkanes) is 18. The fourth-order valence-corrected chi connectivity index (χ4v) is 4.99. The molecule has 0 rings (SSSR count). The van der Waals surface area contributed by atoms with E-state index in [1.54, 1.807) is 21.3 Å². The molecule has 0 aromatic rings. The van der Waals surface area contributed by atoms with Crippen molar-refractivity contribution in [2.24, 2.45) is 0 Å². The van der Waals surface area contributed by atoms with Gasteiger partial charge in [-0.25, -0.2) is 0 Å². The van der Waals surface area contributed by atoms with E-state index in [9.17, 15) is 0 Å². The minimum atomic E-state index is -0.847. The van der Waals surface area contributed by atoms with Crippen molar-refractivity contribution >= 4 is 0 Å². The molecule has 0 aliphatic carbocycles. The molecule has 4 heteroatoms. The molecular formula is C30H64NO3+. The lowest BCUT2D eigenvalue weighted by molar-refractivity contribution is -0.890. The lowest BCUT2D eigenvalue weighted by atomic mass is 10.0. The summed E-state index contributed by atoms with van der Waals surface area (Å²) >= 11 is 0. The summed E-state index contributed by atoms with van der Waals surface area (Å²) < 4.78 is 17.3. The van der Waals surface area contributed by atoms with Crippen molar-refractivity contribution in [2.75, 3.05) is 48.5 Å². The molecule has 0 radical (unpaired) electrons. The minimum absolute atomic E-state index is 0.796. The van der Waals surface area contributed by atoms with Gasteiger partial charge < -0.3 is 18.7 Å². The van der Waals surface area contributed by atoms with Crippen LogP contribution in [0.1, 0.15) is 142 Å². The maximum absolute atomic E-state index is 5.35. The van der Waals surface area contributed by atoms with Crippen molar-refractivity contribution in [3.8, 4) is 0 Å². The highest BCUT2D eigenvalue weighted by Gasteiger charge is 2.28. The maximum atomic E-state index is 5.35. The van der Waals surface area contributed by atoms with E-state index in [0.717, 1.165) is 12.8 Å². The average Bonchev–Trinajstić information content (AvgIpc) is 2.83. The smallest absolute Gasteiger partial charge is 0.282 e. The van der Waals surface area contributed by atoms with Gasteiger partial charge in [0.2, 0.25) is 0 Å². The van der Waals surface area contributed by atoms with Crippen LogP contribution in [-0.2, 0) is 14.2 Å². The molecule has 0 amide bonds. The molecule has 0 saturated carbocycles.